The zero-order valence-electron chi connectivity index (χ0n) is 13.4. The van der Waals surface area contributed by atoms with Crippen LogP contribution < -0.4 is 16.0 Å². The van der Waals surface area contributed by atoms with Gasteiger partial charge in [-0.15, -0.1) is 0 Å². The summed E-state index contributed by atoms with van der Waals surface area (Å²) in [4.78, 5) is 0. The van der Waals surface area contributed by atoms with Gasteiger partial charge in [-0.25, -0.2) is 5.43 Å². The summed E-state index contributed by atoms with van der Waals surface area (Å²) in [5, 5.41) is 4.40. The van der Waals surface area contributed by atoms with Crippen molar-refractivity contribution >= 4 is 0 Å². The third kappa shape index (κ3) is 3.13. The maximum atomic E-state index is 5.95. The highest BCUT2D eigenvalue weighted by atomic mass is 16.5. The fourth-order valence-corrected chi connectivity index (χ4v) is 2.46. The van der Waals surface area contributed by atoms with Gasteiger partial charge in [-0.3, -0.25) is 10.5 Å². The number of hydrogen-bond donors (Lipinski definition) is 2. The van der Waals surface area contributed by atoms with Gasteiger partial charge in [-0.05, 0) is 34.1 Å². The van der Waals surface area contributed by atoms with Crippen molar-refractivity contribution in [3.05, 3.63) is 11.9 Å². The van der Waals surface area contributed by atoms with E-state index >= 15 is 0 Å². The molecule has 0 aliphatic carbocycles. The standard InChI is InChI=1S/C14H28N4O2/c1-7-14(5,20-8-2)13(17-15)12-11(19-6)9-16-18(12)10(3)4/h9-10,13,17H,7-8,15H2,1-6H3. The number of ether oxygens (including phenoxy) is 2. The molecule has 0 aliphatic heterocycles. The number of rotatable bonds is 8. The lowest BCUT2D eigenvalue weighted by Crippen LogP contribution is -2.47. The molecule has 1 aromatic rings. The predicted molar refractivity (Wildman–Crippen MR) is 79.6 cm³/mol. The third-order valence-electron chi connectivity index (χ3n) is 3.73. The lowest BCUT2D eigenvalue weighted by atomic mass is 9.90. The van der Waals surface area contributed by atoms with Gasteiger partial charge in [0.15, 0.2) is 5.75 Å². The molecule has 0 radical (unpaired) electrons. The van der Waals surface area contributed by atoms with Crippen molar-refractivity contribution in [2.24, 2.45) is 5.84 Å². The Labute approximate surface area is 121 Å². The summed E-state index contributed by atoms with van der Waals surface area (Å²) in [5.41, 5.74) is 3.38. The number of hydrogen-bond acceptors (Lipinski definition) is 5. The van der Waals surface area contributed by atoms with Crippen LogP contribution >= 0.6 is 0 Å². The number of nitrogens with zero attached hydrogens (tertiary/aromatic N) is 2. The lowest BCUT2D eigenvalue weighted by molar-refractivity contribution is -0.0589. The Kier molecular flexibility index (Phi) is 5.98. The van der Waals surface area contributed by atoms with Crippen LogP contribution in [-0.4, -0.2) is 29.1 Å². The molecule has 0 bridgehead atoms. The van der Waals surface area contributed by atoms with Crippen molar-refractivity contribution in [1.82, 2.24) is 15.2 Å². The summed E-state index contributed by atoms with van der Waals surface area (Å²) in [6, 6.07) is 0.0137. The van der Waals surface area contributed by atoms with Gasteiger partial charge in [0.25, 0.3) is 0 Å². The highest BCUT2D eigenvalue weighted by Crippen LogP contribution is 2.37. The van der Waals surface area contributed by atoms with Crippen molar-refractivity contribution in [2.75, 3.05) is 13.7 Å². The number of methoxy groups -OCH3 is 1. The maximum Gasteiger partial charge on any atom is 0.161 e. The molecule has 1 heterocycles. The van der Waals surface area contributed by atoms with Gasteiger partial charge in [0.05, 0.1) is 24.9 Å². The third-order valence-corrected chi connectivity index (χ3v) is 3.73. The van der Waals surface area contributed by atoms with Crippen molar-refractivity contribution in [3.8, 4) is 5.75 Å². The van der Waals surface area contributed by atoms with E-state index in [2.05, 4.69) is 38.2 Å². The summed E-state index contributed by atoms with van der Waals surface area (Å²) in [5.74, 6) is 6.55. The SMILES string of the molecule is CCOC(C)(CC)C(NN)c1c(OC)cnn1C(C)C. The van der Waals surface area contributed by atoms with Crippen molar-refractivity contribution in [3.63, 3.8) is 0 Å². The van der Waals surface area contributed by atoms with E-state index in [4.69, 9.17) is 15.3 Å². The fourth-order valence-electron chi connectivity index (χ4n) is 2.46. The van der Waals surface area contributed by atoms with Gasteiger partial charge in [-0.1, -0.05) is 6.92 Å². The minimum Gasteiger partial charge on any atom is -0.493 e. The van der Waals surface area contributed by atoms with Gasteiger partial charge in [0.2, 0.25) is 0 Å². The summed E-state index contributed by atoms with van der Waals surface area (Å²) >= 11 is 0. The van der Waals surface area contributed by atoms with Crippen LogP contribution in [0.15, 0.2) is 6.20 Å². The first kappa shape index (κ1) is 16.9. The number of aromatic nitrogens is 2. The molecular formula is C14H28N4O2. The fraction of sp³-hybridized carbons (Fsp3) is 0.786. The highest BCUT2D eigenvalue weighted by molar-refractivity contribution is 5.31. The lowest BCUT2D eigenvalue weighted by Gasteiger charge is -2.37. The first-order valence-corrected chi connectivity index (χ1v) is 7.16. The van der Waals surface area contributed by atoms with Crippen LogP contribution in [0, 0.1) is 0 Å². The molecule has 116 valence electrons. The molecule has 0 spiro atoms. The van der Waals surface area contributed by atoms with Gasteiger partial charge < -0.3 is 9.47 Å². The van der Waals surface area contributed by atoms with Gasteiger partial charge in [-0.2, -0.15) is 5.10 Å². The minimum absolute atomic E-state index is 0.202. The van der Waals surface area contributed by atoms with Crippen molar-refractivity contribution in [1.29, 1.82) is 0 Å². The Morgan fingerprint density at radius 1 is 1.45 bits per heavy atom. The Balaban J connectivity index is 3.33. The monoisotopic (exact) mass is 284 g/mol. The van der Waals surface area contributed by atoms with Gasteiger partial charge in [0.1, 0.15) is 5.69 Å². The summed E-state index contributed by atoms with van der Waals surface area (Å²) < 4.78 is 13.3. The molecule has 0 saturated heterocycles. The first-order valence-electron chi connectivity index (χ1n) is 7.16. The van der Waals surface area contributed by atoms with E-state index in [1.54, 1.807) is 13.3 Å². The van der Waals surface area contributed by atoms with E-state index in [0.29, 0.717) is 6.61 Å². The molecule has 1 aromatic heterocycles. The Bertz CT molecular complexity index is 419. The second kappa shape index (κ2) is 7.06. The topological polar surface area (TPSA) is 74.3 Å². The molecule has 20 heavy (non-hydrogen) atoms. The Hall–Kier alpha value is -1.11. The second-order valence-corrected chi connectivity index (χ2v) is 5.34. The zero-order valence-corrected chi connectivity index (χ0v) is 13.4. The Morgan fingerprint density at radius 3 is 2.50 bits per heavy atom. The molecule has 6 nitrogen and oxygen atoms in total. The predicted octanol–water partition coefficient (Wildman–Crippen LogP) is 2.18. The van der Waals surface area contributed by atoms with E-state index in [1.807, 2.05) is 11.6 Å². The second-order valence-electron chi connectivity index (χ2n) is 5.34. The van der Waals surface area contributed by atoms with E-state index < -0.39 is 5.60 Å². The molecule has 6 heteroatoms. The van der Waals surface area contributed by atoms with Gasteiger partial charge >= 0.3 is 0 Å². The molecule has 0 aliphatic rings. The van der Waals surface area contributed by atoms with E-state index in [-0.39, 0.29) is 12.1 Å². The molecule has 0 fully saturated rings. The van der Waals surface area contributed by atoms with E-state index in [1.165, 1.54) is 0 Å². The average molecular weight is 284 g/mol. The molecule has 2 atom stereocenters. The largest absolute Gasteiger partial charge is 0.493 e. The summed E-state index contributed by atoms with van der Waals surface area (Å²) in [6.45, 7) is 10.9. The van der Waals surface area contributed by atoms with Crippen molar-refractivity contribution in [2.45, 2.75) is 58.7 Å². The molecule has 1 rings (SSSR count). The van der Waals surface area contributed by atoms with Crippen LogP contribution in [0.3, 0.4) is 0 Å². The highest BCUT2D eigenvalue weighted by Gasteiger charge is 2.38. The zero-order chi connectivity index (χ0) is 15.3. The summed E-state index contributed by atoms with van der Waals surface area (Å²) in [6.07, 6.45) is 2.55. The quantitative estimate of drug-likeness (QED) is 0.565. The first-order chi connectivity index (χ1) is 9.45. The molecule has 0 saturated carbocycles. The molecule has 0 aromatic carbocycles. The van der Waals surface area contributed by atoms with Crippen LogP contribution in [0.4, 0.5) is 0 Å². The summed E-state index contributed by atoms with van der Waals surface area (Å²) in [7, 11) is 1.64. The van der Waals surface area contributed by atoms with Crippen LogP contribution in [0.5, 0.6) is 5.75 Å². The smallest absolute Gasteiger partial charge is 0.161 e. The minimum atomic E-state index is -0.427. The van der Waals surface area contributed by atoms with Crippen LogP contribution in [0.2, 0.25) is 0 Å². The van der Waals surface area contributed by atoms with Crippen LogP contribution in [0.1, 0.15) is 58.8 Å². The van der Waals surface area contributed by atoms with Crippen molar-refractivity contribution < 1.29 is 9.47 Å². The average Bonchev–Trinajstić information content (AvgIpc) is 2.83. The molecule has 3 N–H and O–H groups in total. The number of nitrogens with one attached hydrogen (secondary N) is 1. The molecule has 2 unspecified atom stereocenters. The molecular weight excluding hydrogens is 256 g/mol. The maximum absolute atomic E-state index is 5.95. The number of nitrogens with two attached hydrogens (primary N) is 1. The number of hydrazine groups is 1. The Morgan fingerprint density at radius 2 is 2.10 bits per heavy atom. The normalized spacial score (nSPS) is 16.2. The van der Waals surface area contributed by atoms with Gasteiger partial charge in [0, 0.05) is 12.6 Å². The van der Waals surface area contributed by atoms with Crippen LogP contribution in [-0.2, 0) is 4.74 Å². The molecule has 0 amide bonds. The van der Waals surface area contributed by atoms with Crippen LogP contribution in [0.25, 0.3) is 0 Å². The van der Waals surface area contributed by atoms with E-state index in [9.17, 15) is 0 Å². The van der Waals surface area contributed by atoms with E-state index in [0.717, 1.165) is 17.9 Å².